The maximum atomic E-state index is 12.4. The fourth-order valence-electron chi connectivity index (χ4n) is 3.28. The largest absolute Gasteiger partial charge is 0.457 e. The minimum Gasteiger partial charge on any atom is -0.457 e. The Labute approximate surface area is 171 Å². The Bertz CT molecular complexity index is 815. The van der Waals surface area contributed by atoms with Gasteiger partial charge in [-0.15, -0.1) is 0 Å². The first-order valence-corrected chi connectivity index (χ1v) is 9.90. The van der Waals surface area contributed by atoms with Gasteiger partial charge in [-0.2, -0.15) is 0 Å². The van der Waals surface area contributed by atoms with Crippen molar-refractivity contribution in [2.24, 2.45) is 11.5 Å². The van der Waals surface area contributed by atoms with Crippen LogP contribution in [-0.4, -0.2) is 48.9 Å². The summed E-state index contributed by atoms with van der Waals surface area (Å²) in [5.74, 6) is 1.12. The van der Waals surface area contributed by atoms with Crippen LogP contribution in [0.3, 0.4) is 0 Å². The lowest BCUT2D eigenvalue weighted by Gasteiger charge is -2.29. The first-order valence-electron chi connectivity index (χ1n) is 9.90. The van der Waals surface area contributed by atoms with Crippen LogP contribution < -0.4 is 21.5 Å². The molecule has 5 N–H and O–H groups in total. The van der Waals surface area contributed by atoms with Crippen molar-refractivity contribution >= 4 is 11.8 Å². The second-order valence-electron chi connectivity index (χ2n) is 7.24. The van der Waals surface area contributed by atoms with Gasteiger partial charge in [0.25, 0.3) is 0 Å². The normalized spacial score (nSPS) is 15.0. The maximum absolute atomic E-state index is 12.4. The number of ether oxygens (including phenoxy) is 1. The van der Waals surface area contributed by atoms with Gasteiger partial charge in [-0.3, -0.25) is 9.59 Å². The lowest BCUT2D eigenvalue weighted by molar-refractivity contribution is -0.133. The van der Waals surface area contributed by atoms with E-state index in [1.54, 1.807) is 0 Å². The van der Waals surface area contributed by atoms with Crippen molar-refractivity contribution in [1.29, 1.82) is 0 Å². The SMILES string of the molecule is NC(=O)CCc1ccc(Oc2ccc(CC(N)C(=O)N3CCNCC3)cc2)cc1. The van der Waals surface area contributed by atoms with Crippen LogP contribution >= 0.6 is 0 Å². The minimum atomic E-state index is -0.534. The van der Waals surface area contributed by atoms with Crippen LogP contribution in [0.4, 0.5) is 0 Å². The number of carbonyl (C=O) groups excluding carboxylic acids is 2. The molecule has 1 aliphatic heterocycles. The maximum Gasteiger partial charge on any atom is 0.239 e. The van der Waals surface area contributed by atoms with E-state index in [-0.39, 0.29) is 11.8 Å². The lowest BCUT2D eigenvalue weighted by atomic mass is 10.1. The third kappa shape index (κ3) is 6.30. The fraction of sp³-hybridized carbons (Fsp3) is 0.364. The second-order valence-corrected chi connectivity index (χ2v) is 7.24. The molecule has 3 rings (SSSR count). The summed E-state index contributed by atoms with van der Waals surface area (Å²) in [5, 5.41) is 3.23. The smallest absolute Gasteiger partial charge is 0.239 e. The van der Waals surface area contributed by atoms with Crippen LogP contribution in [0.5, 0.6) is 11.5 Å². The summed E-state index contributed by atoms with van der Waals surface area (Å²) in [6.07, 6.45) is 1.45. The summed E-state index contributed by atoms with van der Waals surface area (Å²) in [6.45, 7) is 3.05. The molecule has 1 unspecified atom stereocenters. The number of piperazine rings is 1. The third-order valence-corrected chi connectivity index (χ3v) is 4.94. The van der Waals surface area contributed by atoms with Crippen molar-refractivity contribution in [3.8, 4) is 11.5 Å². The Morgan fingerprint density at radius 1 is 0.966 bits per heavy atom. The molecule has 0 saturated carbocycles. The van der Waals surface area contributed by atoms with E-state index in [1.807, 2.05) is 53.4 Å². The van der Waals surface area contributed by atoms with E-state index in [4.69, 9.17) is 16.2 Å². The average molecular weight is 396 g/mol. The third-order valence-electron chi connectivity index (χ3n) is 4.94. The first-order chi connectivity index (χ1) is 14.0. The van der Waals surface area contributed by atoms with Crippen LogP contribution in [0, 0.1) is 0 Å². The quantitative estimate of drug-likeness (QED) is 0.621. The van der Waals surface area contributed by atoms with Crippen molar-refractivity contribution in [2.45, 2.75) is 25.3 Å². The summed E-state index contributed by atoms with van der Waals surface area (Å²) in [4.78, 5) is 25.1. The number of carbonyl (C=O) groups is 2. The molecule has 29 heavy (non-hydrogen) atoms. The zero-order valence-electron chi connectivity index (χ0n) is 16.5. The van der Waals surface area contributed by atoms with E-state index >= 15 is 0 Å². The molecule has 1 fully saturated rings. The van der Waals surface area contributed by atoms with Gasteiger partial charge >= 0.3 is 0 Å². The van der Waals surface area contributed by atoms with Gasteiger partial charge in [0.1, 0.15) is 11.5 Å². The number of benzene rings is 2. The number of hydrogen-bond donors (Lipinski definition) is 3. The van der Waals surface area contributed by atoms with E-state index in [0.717, 1.165) is 24.2 Å². The zero-order valence-corrected chi connectivity index (χ0v) is 16.5. The van der Waals surface area contributed by atoms with Gasteiger partial charge in [0, 0.05) is 32.6 Å². The van der Waals surface area contributed by atoms with Gasteiger partial charge in [-0.1, -0.05) is 24.3 Å². The molecule has 1 atom stereocenters. The second kappa shape index (κ2) is 10.0. The number of rotatable bonds is 8. The van der Waals surface area contributed by atoms with E-state index in [9.17, 15) is 9.59 Å². The molecule has 0 spiro atoms. The molecule has 0 aliphatic carbocycles. The number of nitrogens with two attached hydrogens (primary N) is 2. The minimum absolute atomic E-state index is 0.00301. The van der Waals surface area contributed by atoms with Gasteiger partial charge < -0.3 is 26.4 Å². The predicted octanol–water partition coefficient (Wildman–Crippen LogP) is 1.20. The van der Waals surface area contributed by atoms with Crippen LogP contribution in [-0.2, 0) is 22.4 Å². The van der Waals surface area contributed by atoms with Gasteiger partial charge in [0.05, 0.1) is 6.04 Å². The van der Waals surface area contributed by atoms with Crippen molar-refractivity contribution in [3.05, 3.63) is 59.7 Å². The molecule has 0 radical (unpaired) electrons. The number of nitrogens with one attached hydrogen (secondary N) is 1. The fourth-order valence-corrected chi connectivity index (χ4v) is 3.28. The first kappa shape index (κ1) is 20.8. The number of amides is 2. The van der Waals surface area contributed by atoms with Crippen molar-refractivity contribution < 1.29 is 14.3 Å². The zero-order chi connectivity index (χ0) is 20.6. The van der Waals surface area contributed by atoms with Crippen molar-refractivity contribution in [2.75, 3.05) is 26.2 Å². The predicted molar refractivity (Wildman–Crippen MR) is 112 cm³/mol. The van der Waals surface area contributed by atoms with Crippen LogP contribution in [0.2, 0.25) is 0 Å². The van der Waals surface area contributed by atoms with E-state index in [2.05, 4.69) is 5.32 Å². The summed E-state index contributed by atoms with van der Waals surface area (Å²) in [6, 6.07) is 14.7. The Morgan fingerprint density at radius 2 is 1.52 bits per heavy atom. The Balaban J connectivity index is 1.51. The topological polar surface area (TPSA) is 111 Å². The number of primary amides is 1. The highest BCUT2D eigenvalue weighted by Crippen LogP contribution is 2.23. The summed E-state index contributed by atoms with van der Waals surface area (Å²) in [7, 11) is 0. The standard InChI is InChI=1S/C22H28N4O3/c23-20(22(28)26-13-11-25-12-14-26)15-17-3-8-19(9-4-17)29-18-6-1-16(2-7-18)5-10-21(24)27/h1-4,6-9,20,25H,5,10-15,23H2,(H2,24,27). The molecular weight excluding hydrogens is 368 g/mol. The monoisotopic (exact) mass is 396 g/mol. The molecule has 1 heterocycles. The molecule has 2 amide bonds. The van der Waals surface area contributed by atoms with E-state index < -0.39 is 6.04 Å². The molecule has 1 saturated heterocycles. The van der Waals surface area contributed by atoms with Crippen molar-refractivity contribution in [1.82, 2.24) is 10.2 Å². The molecule has 0 bridgehead atoms. The molecular formula is C22H28N4O3. The highest BCUT2D eigenvalue weighted by molar-refractivity contribution is 5.82. The van der Waals surface area contributed by atoms with E-state index in [1.165, 1.54) is 0 Å². The van der Waals surface area contributed by atoms with Gasteiger partial charge in [0.2, 0.25) is 11.8 Å². The molecule has 7 heteroatoms. The number of nitrogens with zero attached hydrogens (tertiary/aromatic N) is 1. The van der Waals surface area contributed by atoms with Gasteiger partial charge in [-0.25, -0.2) is 0 Å². The summed E-state index contributed by atoms with van der Waals surface area (Å²) in [5.41, 5.74) is 13.3. The molecule has 2 aromatic carbocycles. The van der Waals surface area contributed by atoms with Crippen LogP contribution in [0.1, 0.15) is 17.5 Å². The summed E-state index contributed by atoms with van der Waals surface area (Å²) < 4.78 is 5.86. The molecule has 0 aromatic heterocycles. The summed E-state index contributed by atoms with van der Waals surface area (Å²) >= 11 is 0. The van der Waals surface area contributed by atoms with Gasteiger partial charge in [-0.05, 0) is 48.2 Å². The number of hydrogen-bond acceptors (Lipinski definition) is 5. The van der Waals surface area contributed by atoms with Crippen molar-refractivity contribution in [3.63, 3.8) is 0 Å². The Hall–Kier alpha value is -2.90. The van der Waals surface area contributed by atoms with Crippen LogP contribution in [0.25, 0.3) is 0 Å². The molecule has 154 valence electrons. The average Bonchev–Trinajstić information content (AvgIpc) is 2.74. The van der Waals surface area contributed by atoms with Crippen LogP contribution in [0.15, 0.2) is 48.5 Å². The Morgan fingerprint density at radius 3 is 2.07 bits per heavy atom. The molecule has 7 nitrogen and oxygen atoms in total. The highest BCUT2D eigenvalue weighted by atomic mass is 16.5. The lowest BCUT2D eigenvalue weighted by Crippen LogP contribution is -2.52. The Kier molecular flexibility index (Phi) is 7.21. The highest BCUT2D eigenvalue weighted by Gasteiger charge is 2.22. The van der Waals surface area contributed by atoms with E-state index in [0.29, 0.717) is 43.9 Å². The number of aryl methyl sites for hydroxylation is 1. The molecule has 1 aliphatic rings. The molecule has 2 aromatic rings. The van der Waals surface area contributed by atoms with Gasteiger partial charge in [0.15, 0.2) is 0 Å².